The number of aromatic hydroxyl groups is 1. The minimum atomic E-state index is -0.162. The summed E-state index contributed by atoms with van der Waals surface area (Å²) in [7, 11) is 0. The molecule has 2 nitrogen and oxygen atoms in total. The molecule has 0 aliphatic carbocycles. The largest absolute Gasteiger partial charge is 0.507 e. The SMILES string of the molecule is CCCCCCCCCC(=O)c1cc(C)cc(C(C)(C)C)c1O. The van der Waals surface area contributed by atoms with Crippen LogP contribution in [0.2, 0.25) is 0 Å². The summed E-state index contributed by atoms with van der Waals surface area (Å²) in [6.07, 6.45) is 8.92. The normalized spacial score (nSPS) is 11.7. The molecule has 23 heavy (non-hydrogen) atoms. The van der Waals surface area contributed by atoms with E-state index in [1.165, 1.54) is 32.1 Å². The summed E-state index contributed by atoms with van der Waals surface area (Å²) in [5, 5.41) is 10.5. The molecule has 0 saturated heterocycles. The molecule has 0 heterocycles. The van der Waals surface area contributed by atoms with Crippen LogP contribution < -0.4 is 0 Å². The van der Waals surface area contributed by atoms with Crippen molar-refractivity contribution < 1.29 is 9.90 Å². The number of rotatable bonds is 9. The number of phenolic OH excluding ortho intramolecular Hbond substituents is 1. The van der Waals surface area contributed by atoms with Crippen LogP contribution in [0.25, 0.3) is 0 Å². The highest BCUT2D eigenvalue weighted by atomic mass is 16.3. The summed E-state index contributed by atoms with van der Waals surface area (Å²) in [6, 6.07) is 3.81. The van der Waals surface area contributed by atoms with Crippen LogP contribution in [0, 0.1) is 6.92 Å². The van der Waals surface area contributed by atoms with E-state index in [1.807, 2.05) is 19.1 Å². The van der Waals surface area contributed by atoms with Crippen molar-refractivity contribution in [2.24, 2.45) is 0 Å². The van der Waals surface area contributed by atoms with E-state index in [-0.39, 0.29) is 16.9 Å². The molecule has 0 aliphatic rings. The molecule has 1 aromatic carbocycles. The fraction of sp³-hybridized carbons (Fsp3) is 0.667. The highest BCUT2D eigenvalue weighted by Gasteiger charge is 2.23. The molecule has 0 saturated carbocycles. The summed E-state index contributed by atoms with van der Waals surface area (Å²) in [5.41, 5.74) is 2.24. The van der Waals surface area contributed by atoms with Gasteiger partial charge in [0, 0.05) is 12.0 Å². The zero-order chi connectivity index (χ0) is 17.5. The Balaban J connectivity index is 2.61. The van der Waals surface area contributed by atoms with E-state index in [9.17, 15) is 9.90 Å². The lowest BCUT2D eigenvalue weighted by Crippen LogP contribution is -2.14. The molecule has 0 radical (unpaired) electrons. The number of carbonyl (C=O) groups excluding carboxylic acids is 1. The van der Waals surface area contributed by atoms with E-state index >= 15 is 0 Å². The molecule has 2 heteroatoms. The quantitative estimate of drug-likeness (QED) is 0.427. The summed E-state index contributed by atoms with van der Waals surface area (Å²) >= 11 is 0. The van der Waals surface area contributed by atoms with Gasteiger partial charge in [0.05, 0.1) is 5.56 Å². The Morgan fingerprint density at radius 2 is 1.57 bits per heavy atom. The first-order chi connectivity index (χ1) is 10.8. The van der Waals surface area contributed by atoms with Gasteiger partial charge in [0.15, 0.2) is 5.78 Å². The van der Waals surface area contributed by atoms with E-state index in [4.69, 9.17) is 0 Å². The third kappa shape index (κ3) is 6.37. The van der Waals surface area contributed by atoms with Crippen LogP contribution in [0.4, 0.5) is 0 Å². The Morgan fingerprint density at radius 3 is 2.13 bits per heavy atom. The smallest absolute Gasteiger partial charge is 0.166 e. The minimum Gasteiger partial charge on any atom is -0.507 e. The number of benzene rings is 1. The molecule has 0 spiro atoms. The van der Waals surface area contributed by atoms with E-state index < -0.39 is 0 Å². The molecule has 1 N–H and O–H groups in total. The summed E-state index contributed by atoms with van der Waals surface area (Å²) < 4.78 is 0. The van der Waals surface area contributed by atoms with Gasteiger partial charge in [-0.15, -0.1) is 0 Å². The Bertz CT molecular complexity index is 509. The van der Waals surface area contributed by atoms with Gasteiger partial charge >= 0.3 is 0 Å². The van der Waals surface area contributed by atoms with Gasteiger partial charge in [-0.05, 0) is 30.4 Å². The van der Waals surface area contributed by atoms with Crippen LogP contribution in [0.15, 0.2) is 12.1 Å². The highest BCUT2D eigenvalue weighted by Crippen LogP contribution is 2.35. The van der Waals surface area contributed by atoms with Gasteiger partial charge in [-0.1, -0.05) is 72.3 Å². The van der Waals surface area contributed by atoms with E-state index in [1.54, 1.807) is 0 Å². The molecule has 130 valence electrons. The number of aryl methyl sites for hydroxylation is 1. The van der Waals surface area contributed by atoms with Gasteiger partial charge in [0.25, 0.3) is 0 Å². The van der Waals surface area contributed by atoms with Crippen LogP contribution in [0.1, 0.15) is 101 Å². The summed E-state index contributed by atoms with van der Waals surface area (Å²) in [4.78, 5) is 12.5. The van der Waals surface area contributed by atoms with Crippen LogP contribution in [-0.4, -0.2) is 10.9 Å². The van der Waals surface area contributed by atoms with E-state index in [0.29, 0.717) is 12.0 Å². The molecule has 0 unspecified atom stereocenters. The zero-order valence-corrected chi connectivity index (χ0v) is 15.7. The molecule has 0 atom stereocenters. The number of hydrogen-bond acceptors (Lipinski definition) is 2. The highest BCUT2D eigenvalue weighted by molar-refractivity contribution is 5.99. The van der Waals surface area contributed by atoms with Gasteiger partial charge < -0.3 is 5.11 Å². The van der Waals surface area contributed by atoms with E-state index in [2.05, 4.69) is 27.7 Å². The number of ketones is 1. The number of hydrogen-bond donors (Lipinski definition) is 1. The van der Waals surface area contributed by atoms with E-state index in [0.717, 1.165) is 24.0 Å². The van der Waals surface area contributed by atoms with Crippen molar-refractivity contribution >= 4 is 5.78 Å². The zero-order valence-electron chi connectivity index (χ0n) is 15.7. The fourth-order valence-electron chi connectivity index (χ4n) is 2.94. The Morgan fingerprint density at radius 1 is 1.00 bits per heavy atom. The van der Waals surface area contributed by atoms with Crippen LogP contribution >= 0.6 is 0 Å². The van der Waals surface area contributed by atoms with Gasteiger partial charge in [-0.25, -0.2) is 0 Å². The average Bonchev–Trinajstić information content (AvgIpc) is 2.47. The van der Waals surface area contributed by atoms with Crippen molar-refractivity contribution in [3.63, 3.8) is 0 Å². The second kappa shape index (κ2) is 9.10. The second-order valence-electron chi connectivity index (χ2n) is 7.75. The van der Waals surface area contributed by atoms with Crippen molar-refractivity contribution in [3.05, 3.63) is 28.8 Å². The maximum Gasteiger partial charge on any atom is 0.166 e. The topological polar surface area (TPSA) is 37.3 Å². The third-order valence-electron chi connectivity index (χ3n) is 4.37. The number of phenols is 1. The Kier molecular flexibility index (Phi) is 7.81. The maximum atomic E-state index is 12.5. The predicted molar refractivity (Wildman–Crippen MR) is 98.5 cm³/mol. The first kappa shape index (κ1) is 19.7. The van der Waals surface area contributed by atoms with Gasteiger partial charge in [-0.3, -0.25) is 4.79 Å². The van der Waals surface area contributed by atoms with Gasteiger partial charge in [-0.2, -0.15) is 0 Å². The van der Waals surface area contributed by atoms with Crippen LogP contribution in [0.5, 0.6) is 5.75 Å². The molecule has 0 aromatic heterocycles. The Hall–Kier alpha value is -1.31. The van der Waals surface area contributed by atoms with Crippen molar-refractivity contribution in [2.45, 2.75) is 91.4 Å². The first-order valence-electron chi connectivity index (χ1n) is 9.14. The van der Waals surface area contributed by atoms with Crippen molar-refractivity contribution in [3.8, 4) is 5.75 Å². The number of unbranched alkanes of at least 4 members (excludes halogenated alkanes) is 6. The first-order valence-corrected chi connectivity index (χ1v) is 9.14. The minimum absolute atomic E-state index is 0.0743. The van der Waals surface area contributed by atoms with Crippen molar-refractivity contribution in [2.75, 3.05) is 0 Å². The van der Waals surface area contributed by atoms with Gasteiger partial charge in [0.1, 0.15) is 5.75 Å². The lowest BCUT2D eigenvalue weighted by molar-refractivity contribution is 0.0976. The van der Waals surface area contributed by atoms with Crippen molar-refractivity contribution in [1.29, 1.82) is 0 Å². The lowest BCUT2D eigenvalue weighted by atomic mass is 9.83. The Labute approximate surface area is 142 Å². The fourth-order valence-corrected chi connectivity index (χ4v) is 2.94. The predicted octanol–water partition coefficient (Wildman–Crippen LogP) is 6.32. The molecular formula is C21H34O2. The number of carbonyl (C=O) groups is 1. The monoisotopic (exact) mass is 318 g/mol. The van der Waals surface area contributed by atoms with Crippen molar-refractivity contribution in [1.82, 2.24) is 0 Å². The van der Waals surface area contributed by atoms with Gasteiger partial charge in [0.2, 0.25) is 0 Å². The third-order valence-corrected chi connectivity index (χ3v) is 4.37. The summed E-state index contributed by atoms with van der Waals surface area (Å²) in [5.74, 6) is 0.251. The maximum absolute atomic E-state index is 12.5. The standard InChI is InChI=1S/C21H34O2/c1-6-7-8-9-10-11-12-13-19(22)17-14-16(2)15-18(20(17)23)21(3,4)5/h14-15,23H,6-13H2,1-5H3. The molecule has 0 aliphatic heterocycles. The molecule has 0 amide bonds. The molecule has 0 bridgehead atoms. The molecule has 0 fully saturated rings. The molecule has 1 aromatic rings. The second-order valence-corrected chi connectivity index (χ2v) is 7.75. The molecular weight excluding hydrogens is 284 g/mol. The lowest BCUT2D eigenvalue weighted by Gasteiger charge is -2.22. The summed E-state index contributed by atoms with van der Waals surface area (Å²) in [6.45, 7) is 10.4. The number of Topliss-reactive ketones (excluding diaryl/α,β-unsaturated/α-hetero) is 1. The molecule has 1 rings (SSSR count). The average molecular weight is 319 g/mol. The van der Waals surface area contributed by atoms with Crippen LogP contribution in [-0.2, 0) is 5.41 Å². The van der Waals surface area contributed by atoms with Crippen LogP contribution in [0.3, 0.4) is 0 Å².